The van der Waals surface area contributed by atoms with Gasteiger partial charge in [0.25, 0.3) is 5.91 Å². The third kappa shape index (κ3) is 6.16. The zero-order valence-electron chi connectivity index (χ0n) is 19.8. The van der Waals surface area contributed by atoms with Crippen molar-refractivity contribution in [1.82, 2.24) is 25.6 Å². The normalized spacial score (nSPS) is 18.3. The lowest BCUT2D eigenvalue weighted by atomic mass is 10.1. The molecule has 1 saturated heterocycles. The van der Waals surface area contributed by atoms with Gasteiger partial charge in [-0.2, -0.15) is 10.2 Å². The molecule has 2 N–H and O–H groups in total. The molecular weight excluding hydrogens is 510 g/mol. The number of nitrogens with zero attached hydrogens (tertiary/aromatic N) is 5. The molecule has 1 aromatic carbocycles. The minimum absolute atomic E-state index is 0.0511. The molecule has 2 amide bonds. The smallest absolute Gasteiger partial charge is 0.269 e. The van der Waals surface area contributed by atoms with Crippen molar-refractivity contribution in [3.8, 4) is 6.07 Å². The standard InChI is InChI=1S/C25H30BrN7O2/c1-28-25(35)21-7-4-12-32(21)15-18-8-10-19(11-9-18)24(34)31-33(16-17-5-2-3-6-17)23-20(26)14-29-22(13-27)30-23/h8-11,14,17,21H,2-7,12,15-16H2,1H3,(H,28,35)(H,31,34)/t21-/m0/s1. The van der Waals surface area contributed by atoms with Crippen molar-refractivity contribution in [2.24, 2.45) is 5.92 Å². The van der Waals surface area contributed by atoms with E-state index in [2.05, 4.69) is 41.5 Å². The zero-order valence-corrected chi connectivity index (χ0v) is 21.4. The molecule has 4 rings (SSSR count). The molecule has 0 unspecified atom stereocenters. The number of hydrazine groups is 1. The average Bonchev–Trinajstić information content (AvgIpc) is 3.56. The van der Waals surface area contributed by atoms with Crippen LogP contribution in [0, 0.1) is 17.2 Å². The van der Waals surface area contributed by atoms with Crippen molar-refractivity contribution in [3.05, 3.63) is 51.9 Å². The Kier molecular flexibility index (Phi) is 8.31. The number of likely N-dealkylation sites (tertiary alicyclic amines) is 1. The fraction of sp³-hybridized carbons (Fsp3) is 0.480. The minimum Gasteiger partial charge on any atom is -0.358 e. The van der Waals surface area contributed by atoms with Crippen LogP contribution < -0.4 is 15.8 Å². The lowest BCUT2D eigenvalue weighted by Crippen LogP contribution is -2.45. The van der Waals surface area contributed by atoms with Gasteiger partial charge in [-0.3, -0.25) is 24.9 Å². The highest BCUT2D eigenvalue weighted by molar-refractivity contribution is 9.10. The fourth-order valence-corrected chi connectivity index (χ4v) is 5.30. The molecular formula is C25H30BrN7O2. The third-order valence-electron chi connectivity index (χ3n) is 6.75. The first kappa shape index (κ1) is 25.1. The van der Waals surface area contributed by atoms with Gasteiger partial charge in [0, 0.05) is 31.9 Å². The maximum absolute atomic E-state index is 13.2. The number of anilines is 1. The molecule has 0 bridgehead atoms. The summed E-state index contributed by atoms with van der Waals surface area (Å²) in [5.74, 6) is 0.774. The van der Waals surface area contributed by atoms with Gasteiger partial charge in [-0.05, 0) is 71.8 Å². The number of nitriles is 1. The van der Waals surface area contributed by atoms with E-state index in [1.807, 2.05) is 18.2 Å². The predicted octanol–water partition coefficient (Wildman–Crippen LogP) is 3.16. The van der Waals surface area contributed by atoms with E-state index in [-0.39, 0.29) is 23.7 Å². The van der Waals surface area contributed by atoms with Gasteiger partial charge in [0.05, 0.1) is 10.5 Å². The van der Waals surface area contributed by atoms with Gasteiger partial charge in [0.2, 0.25) is 11.7 Å². The number of hydrogen-bond donors (Lipinski definition) is 2. The quantitative estimate of drug-likeness (QED) is 0.495. The van der Waals surface area contributed by atoms with Crippen molar-refractivity contribution < 1.29 is 9.59 Å². The molecule has 10 heteroatoms. The first-order chi connectivity index (χ1) is 17.0. The molecule has 2 aromatic rings. The van der Waals surface area contributed by atoms with Crippen LogP contribution in [0.1, 0.15) is 60.3 Å². The molecule has 0 spiro atoms. The molecule has 35 heavy (non-hydrogen) atoms. The molecule has 2 aliphatic rings. The van der Waals surface area contributed by atoms with Crippen molar-refractivity contribution in [2.75, 3.05) is 25.1 Å². The Morgan fingerprint density at radius 3 is 2.63 bits per heavy atom. The van der Waals surface area contributed by atoms with Crippen LogP contribution in [0.25, 0.3) is 0 Å². The number of likely N-dealkylation sites (N-methyl/N-ethyl adjacent to an activating group) is 1. The number of carbonyl (C=O) groups is 2. The second kappa shape index (κ2) is 11.6. The lowest BCUT2D eigenvalue weighted by Gasteiger charge is -2.28. The highest BCUT2D eigenvalue weighted by atomic mass is 79.9. The highest BCUT2D eigenvalue weighted by Crippen LogP contribution is 2.29. The molecule has 1 atom stereocenters. The number of hydrogen-bond acceptors (Lipinski definition) is 7. The van der Waals surface area contributed by atoms with Crippen LogP contribution in [0.3, 0.4) is 0 Å². The summed E-state index contributed by atoms with van der Waals surface area (Å²) in [5, 5.41) is 13.7. The number of benzene rings is 1. The monoisotopic (exact) mass is 539 g/mol. The molecule has 9 nitrogen and oxygen atoms in total. The summed E-state index contributed by atoms with van der Waals surface area (Å²) in [7, 11) is 1.67. The second-order valence-electron chi connectivity index (χ2n) is 9.12. The van der Waals surface area contributed by atoms with E-state index in [9.17, 15) is 14.9 Å². The van der Waals surface area contributed by atoms with Crippen LogP contribution >= 0.6 is 15.9 Å². The van der Waals surface area contributed by atoms with Crippen molar-refractivity contribution in [3.63, 3.8) is 0 Å². The van der Waals surface area contributed by atoms with Crippen LogP contribution in [-0.4, -0.2) is 52.9 Å². The van der Waals surface area contributed by atoms with E-state index in [1.54, 1.807) is 24.2 Å². The van der Waals surface area contributed by atoms with E-state index in [1.165, 1.54) is 19.0 Å². The topological polar surface area (TPSA) is 114 Å². The largest absolute Gasteiger partial charge is 0.358 e. The predicted molar refractivity (Wildman–Crippen MR) is 135 cm³/mol. The molecule has 184 valence electrons. The number of nitrogens with one attached hydrogen (secondary N) is 2. The van der Waals surface area contributed by atoms with Gasteiger partial charge in [-0.25, -0.2) is 4.98 Å². The Hall–Kier alpha value is -3.03. The lowest BCUT2D eigenvalue weighted by molar-refractivity contribution is -0.125. The molecule has 2 heterocycles. The summed E-state index contributed by atoms with van der Waals surface area (Å²) in [6, 6.07) is 9.34. The van der Waals surface area contributed by atoms with Crippen molar-refractivity contribution in [2.45, 2.75) is 51.1 Å². The number of carbonyl (C=O) groups excluding carboxylic acids is 2. The first-order valence-electron chi connectivity index (χ1n) is 12.0. The number of aromatic nitrogens is 2. The van der Waals surface area contributed by atoms with Gasteiger partial charge in [0.1, 0.15) is 6.07 Å². The molecule has 1 aliphatic carbocycles. The van der Waals surface area contributed by atoms with Gasteiger partial charge in [-0.15, -0.1) is 0 Å². The van der Waals surface area contributed by atoms with E-state index in [0.29, 0.717) is 34.9 Å². The molecule has 2 fully saturated rings. The first-order valence-corrected chi connectivity index (χ1v) is 12.8. The van der Waals surface area contributed by atoms with Gasteiger partial charge in [0.15, 0.2) is 5.82 Å². The van der Waals surface area contributed by atoms with E-state index >= 15 is 0 Å². The Morgan fingerprint density at radius 1 is 1.20 bits per heavy atom. The minimum atomic E-state index is -0.247. The molecule has 1 aliphatic heterocycles. The molecule has 1 saturated carbocycles. The van der Waals surface area contributed by atoms with E-state index < -0.39 is 0 Å². The maximum atomic E-state index is 13.2. The third-order valence-corrected chi connectivity index (χ3v) is 7.31. The fourth-order valence-electron chi connectivity index (χ4n) is 4.90. The number of rotatable bonds is 8. The summed E-state index contributed by atoms with van der Waals surface area (Å²) in [6.45, 7) is 2.16. The van der Waals surface area contributed by atoms with Gasteiger partial charge >= 0.3 is 0 Å². The Morgan fingerprint density at radius 2 is 1.94 bits per heavy atom. The Balaban J connectivity index is 1.47. The second-order valence-corrected chi connectivity index (χ2v) is 9.97. The van der Waals surface area contributed by atoms with Crippen LogP contribution in [-0.2, 0) is 11.3 Å². The van der Waals surface area contributed by atoms with Crippen molar-refractivity contribution >= 4 is 33.6 Å². The number of amides is 2. The van der Waals surface area contributed by atoms with Crippen LogP contribution in [0.4, 0.5) is 5.82 Å². The Labute approximate surface area is 214 Å². The van der Waals surface area contributed by atoms with E-state index in [4.69, 9.17) is 0 Å². The van der Waals surface area contributed by atoms with Crippen LogP contribution in [0.15, 0.2) is 34.9 Å². The van der Waals surface area contributed by atoms with E-state index in [0.717, 1.165) is 37.8 Å². The summed E-state index contributed by atoms with van der Waals surface area (Å²) in [4.78, 5) is 35.8. The molecule has 0 radical (unpaired) electrons. The summed E-state index contributed by atoms with van der Waals surface area (Å²) >= 11 is 3.47. The highest BCUT2D eigenvalue weighted by Gasteiger charge is 2.30. The summed E-state index contributed by atoms with van der Waals surface area (Å²) < 4.78 is 0.612. The van der Waals surface area contributed by atoms with Gasteiger partial charge in [-0.1, -0.05) is 25.0 Å². The molecule has 1 aromatic heterocycles. The zero-order chi connectivity index (χ0) is 24.8. The van der Waals surface area contributed by atoms with Gasteiger partial charge < -0.3 is 5.32 Å². The summed E-state index contributed by atoms with van der Waals surface area (Å²) in [6.07, 6.45) is 7.96. The number of halogens is 1. The average molecular weight is 540 g/mol. The SMILES string of the molecule is CNC(=O)[C@@H]1CCCN1Cc1ccc(C(=O)NN(CC2CCCC2)c2nc(C#N)ncc2Br)cc1. The maximum Gasteiger partial charge on any atom is 0.269 e. The van der Waals surface area contributed by atoms with Crippen LogP contribution in [0.2, 0.25) is 0 Å². The summed E-state index contributed by atoms with van der Waals surface area (Å²) in [5.41, 5.74) is 4.57. The van der Waals surface area contributed by atoms with Crippen molar-refractivity contribution in [1.29, 1.82) is 5.26 Å². The Bertz CT molecular complexity index is 1100. The van der Waals surface area contributed by atoms with Crippen LogP contribution in [0.5, 0.6) is 0 Å².